The molecular weight excluding hydrogens is 330 g/mol. The number of hydrogen-bond donors (Lipinski definition) is 0. The average molecular weight is 342 g/mol. The fourth-order valence-electron chi connectivity index (χ4n) is 2.51. The van der Waals surface area contributed by atoms with Gasteiger partial charge in [0.1, 0.15) is 5.75 Å². The maximum atomic E-state index is 12.4. The van der Waals surface area contributed by atoms with Crippen LogP contribution in [0.3, 0.4) is 0 Å². The third kappa shape index (κ3) is 3.33. The minimum absolute atomic E-state index is 0.0132. The number of nitrogens with zero attached hydrogens (tertiary/aromatic N) is 1. The molecule has 3 nitrogen and oxygen atoms in total. The first-order chi connectivity index (χ1) is 9.78. The van der Waals surface area contributed by atoms with Gasteiger partial charge in [-0.2, -0.15) is 0 Å². The zero-order chi connectivity index (χ0) is 15.3. The Kier molecular flexibility index (Phi) is 3.66. The van der Waals surface area contributed by atoms with E-state index in [0.29, 0.717) is 23.8 Å². The second kappa shape index (κ2) is 5.11. The molecule has 2 heterocycles. The SMILES string of the molecule is FC(F)(F)Oc1cc(N2CCC3(CC2)CO3)c(Cl)cc1Cl. The number of halogens is 5. The van der Waals surface area contributed by atoms with E-state index in [1.807, 2.05) is 4.90 Å². The molecule has 21 heavy (non-hydrogen) atoms. The van der Waals surface area contributed by atoms with Crippen LogP contribution in [0.4, 0.5) is 18.9 Å². The van der Waals surface area contributed by atoms with Gasteiger partial charge < -0.3 is 14.4 Å². The summed E-state index contributed by atoms with van der Waals surface area (Å²) in [6, 6.07) is 2.52. The largest absolute Gasteiger partial charge is 0.573 e. The van der Waals surface area contributed by atoms with Gasteiger partial charge >= 0.3 is 6.36 Å². The summed E-state index contributed by atoms with van der Waals surface area (Å²) in [5.74, 6) is -0.438. The Labute approximate surface area is 129 Å². The summed E-state index contributed by atoms with van der Waals surface area (Å²) in [7, 11) is 0. The predicted octanol–water partition coefficient (Wildman–Crippen LogP) is 4.26. The second-order valence-electron chi connectivity index (χ2n) is 5.24. The summed E-state index contributed by atoms with van der Waals surface area (Å²) in [5.41, 5.74) is 0.483. The van der Waals surface area contributed by atoms with E-state index >= 15 is 0 Å². The van der Waals surface area contributed by atoms with Gasteiger partial charge in [-0.1, -0.05) is 23.2 Å². The van der Waals surface area contributed by atoms with Crippen molar-refractivity contribution < 1.29 is 22.6 Å². The molecule has 2 fully saturated rings. The van der Waals surface area contributed by atoms with E-state index in [0.717, 1.165) is 19.4 Å². The number of piperidine rings is 1. The van der Waals surface area contributed by atoms with Crippen molar-refractivity contribution in [1.82, 2.24) is 0 Å². The highest BCUT2D eigenvalue weighted by atomic mass is 35.5. The van der Waals surface area contributed by atoms with Gasteiger partial charge in [-0.15, -0.1) is 13.2 Å². The summed E-state index contributed by atoms with van der Waals surface area (Å²) >= 11 is 11.9. The van der Waals surface area contributed by atoms with Crippen LogP contribution in [0.25, 0.3) is 0 Å². The van der Waals surface area contributed by atoms with Crippen molar-refractivity contribution in [2.75, 3.05) is 24.6 Å². The molecule has 2 saturated heterocycles. The number of epoxide rings is 1. The fraction of sp³-hybridized carbons (Fsp3) is 0.538. The molecule has 0 saturated carbocycles. The third-order valence-corrected chi connectivity index (χ3v) is 4.39. The minimum Gasteiger partial charge on any atom is -0.404 e. The van der Waals surface area contributed by atoms with E-state index in [-0.39, 0.29) is 10.6 Å². The zero-order valence-electron chi connectivity index (χ0n) is 10.8. The Balaban J connectivity index is 1.82. The Hall–Kier alpha value is -0.850. The first-order valence-corrected chi connectivity index (χ1v) is 7.17. The van der Waals surface area contributed by atoms with Gasteiger partial charge in [0.15, 0.2) is 0 Å². The van der Waals surface area contributed by atoms with E-state index in [4.69, 9.17) is 27.9 Å². The average Bonchev–Trinajstić information content (AvgIpc) is 3.12. The number of ether oxygens (including phenoxy) is 2. The summed E-state index contributed by atoms with van der Waals surface area (Å²) < 4.78 is 46.4. The van der Waals surface area contributed by atoms with Gasteiger partial charge in [-0.05, 0) is 18.9 Å². The molecule has 0 atom stereocenters. The summed E-state index contributed by atoms with van der Waals surface area (Å²) in [6.07, 6.45) is -3.12. The Morgan fingerprint density at radius 2 is 1.76 bits per heavy atom. The van der Waals surface area contributed by atoms with E-state index in [1.165, 1.54) is 12.1 Å². The van der Waals surface area contributed by atoms with Crippen LogP contribution in [0.1, 0.15) is 12.8 Å². The lowest BCUT2D eigenvalue weighted by Crippen LogP contribution is -2.37. The monoisotopic (exact) mass is 341 g/mol. The number of alkyl halides is 3. The lowest BCUT2D eigenvalue weighted by Gasteiger charge is -2.33. The molecule has 1 aromatic rings. The van der Waals surface area contributed by atoms with Crippen LogP contribution in [0.5, 0.6) is 5.75 Å². The molecule has 2 aliphatic rings. The molecule has 1 spiro atoms. The molecule has 0 unspecified atom stereocenters. The summed E-state index contributed by atoms with van der Waals surface area (Å²) in [5, 5.41) is 0.141. The maximum Gasteiger partial charge on any atom is 0.573 e. The summed E-state index contributed by atoms with van der Waals surface area (Å²) in [6.45, 7) is 2.11. The molecule has 0 radical (unpaired) electrons. The standard InChI is InChI=1S/C13H12Cl2F3NO2/c14-8-5-9(15)11(21-13(16,17)18)6-10(8)19-3-1-12(2-4-19)7-20-12/h5-6H,1-4,7H2. The van der Waals surface area contributed by atoms with E-state index in [1.54, 1.807) is 0 Å². The predicted molar refractivity (Wildman–Crippen MR) is 73.3 cm³/mol. The molecule has 0 amide bonds. The van der Waals surface area contributed by atoms with Crippen LogP contribution in [-0.4, -0.2) is 31.7 Å². The number of rotatable bonds is 2. The van der Waals surface area contributed by atoms with Gasteiger partial charge in [-0.25, -0.2) is 0 Å². The molecule has 0 aromatic heterocycles. The maximum absolute atomic E-state index is 12.4. The van der Waals surface area contributed by atoms with E-state index < -0.39 is 12.1 Å². The molecule has 1 aromatic carbocycles. The van der Waals surface area contributed by atoms with Crippen molar-refractivity contribution in [2.24, 2.45) is 0 Å². The van der Waals surface area contributed by atoms with Gasteiger partial charge in [0, 0.05) is 19.2 Å². The normalized spacial score (nSPS) is 20.7. The topological polar surface area (TPSA) is 25.0 Å². The van der Waals surface area contributed by atoms with Gasteiger partial charge in [0.2, 0.25) is 0 Å². The first-order valence-electron chi connectivity index (χ1n) is 6.42. The lowest BCUT2D eigenvalue weighted by molar-refractivity contribution is -0.274. The van der Waals surface area contributed by atoms with Gasteiger partial charge in [-0.3, -0.25) is 0 Å². The number of anilines is 1. The van der Waals surface area contributed by atoms with Crippen molar-refractivity contribution in [3.05, 3.63) is 22.2 Å². The molecule has 3 rings (SSSR count). The quantitative estimate of drug-likeness (QED) is 0.751. The highest BCUT2D eigenvalue weighted by Crippen LogP contribution is 2.43. The second-order valence-corrected chi connectivity index (χ2v) is 6.05. The van der Waals surface area contributed by atoms with Crippen LogP contribution in [-0.2, 0) is 4.74 Å². The number of hydrogen-bond acceptors (Lipinski definition) is 3. The highest BCUT2D eigenvalue weighted by molar-refractivity contribution is 6.37. The Morgan fingerprint density at radius 3 is 2.29 bits per heavy atom. The van der Waals surface area contributed by atoms with Gasteiger partial charge in [0.05, 0.1) is 27.9 Å². The van der Waals surface area contributed by atoms with Crippen LogP contribution < -0.4 is 9.64 Å². The van der Waals surface area contributed by atoms with Crippen molar-refractivity contribution in [3.8, 4) is 5.75 Å². The van der Waals surface area contributed by atoms with Gasteiger partial charge in [0.25, 0.3) is 0 Å². The van der Waals surface area contributed by atoms with Crippen LogP contribution >= 0.6 is 23.2 Å². The molecule has 0 N–H and O–H groups in total. The smallest absolute Gasteiger partial charge is 0.404 e. The molecule has 8 heteroatoms. The van der Waals surface area contributed by atoms with Crippen molar-refractivity contribution in [2.45, 2.75) is 24.8 Å². The first kappa shape index (κ1) is 15.1. The summed E-state index contributed by atoms with van der Waals surface area (Å²) in [4.78, 5) is 1.93. The molecule has 0 aliphatic carbocycles. The number of benzene rings is 1. The Morgan fingerprint density at radius 1 is 1.14 bits per heavy atom. The molecule has 2 aliphatic heterocycles. The van der Waals surface area contributed by atoms with E-state index in [2.05, 4.69) is 4.74 Å². The highest BCUT2D eigenvalue weighted by Gasteiger charge is 2.46. The minimum atomic E-state index is -4.79. The van der Waals surface area contributed by atoms with E-state index in [9.17, 15) is 13.2 Å². The molecule has 116 valence electrons. The Bertz CT molecular complexity index is 551. The van der Waals surface area contributed by atoms with Crippen LogP contribution in [0.2, 0.25) is 10.0 Å². The third-order valence-electron chi connectivity index (χ3n) is 3.79. The fourth-order valence-corrected chi connectivity index (χ4v) is 3.05. The van der Waals surface area contributed by atoms with Crippen molar-refractivity contribution >= 4 is 28.9 Å². The van der Waals surface area contributed by atoms with Crippen LogP contribution in [0, 0.1) is 0 Å². The lowest BCUT2D eigenvalue weighted by atomic mass is 9.97. The van der Waals surface area contributed by atoms with Crippen LogP contribution in [0.15, 0.2) is 12.1 Å². The zero-order valence-corrected chi connectivity index (χ0v) is 12.4. The van der Waals surface area contributed by atoms with Crippen molar-refractivity contribution in [3.63, 3.8) is 0 Å². The molecular formula is C13H12Cl2F3NO2. The molecule has 0 bridgehead atoms. The van der Waals surface area contributed by atoms with Crippen molar-refractivity contribution in [1.29, 1.82) is 0 Å².